The molecule has 0 heterocycles. The van der Waals surface area contributed by atoms with Gasteiger partial charge in [-0.1, -0.05) is 30.7 Å². The van der Waals surface area contributed by atoms with Gasteiger partial charge in [0.1, 0.15) is 7.11 Å². The van der Waals surface area contributed by atoms with Crippen LogP contribution in [0.15, 0.2) is 16.8 Å². The highest BCUT2D eigenvalue weighted by Crippen LogP contribution is 2.64. The van der Waals surface area contributed by atoms with Crippen LogP contribution in [-0.4, -0.2) is 41.7 Å². The van der Waals surface area contributed by atoms with E-state index in [2.05, 4.69) is 64.4 Å². The average Bonchev–Trinajstić information content (AvgIpc) is 2.92. The van der Waals surface area contributed by atoms with Crippen LogP contribution < -0.4 is 0 Å². The second kappa shape index (κ2) is 8.35. The lowest BCUT2D eigenvalue weighted by atomic mass is 9.48. The highest BCUT2D eigenvalue weighted by Gasteiger charge is 2.61. The first-order valence-electron chi connectivity index (χ1n) is 12.9. The summed E-state index contributed by atoms with van der Waals surface area (Å²) in [6, 6.07) is 0. The van der Waals surface area contributed by atoms with E-state index in [0.29, 0.717) is 17.4 Å². The van der Waals surface area contributed by atoms with Gasteiger partial charge in [0.2, 0.25) is 0 Å². The van der Waals surface area contributed by atoms with E-state index in [1.54, 1.807) is 12.7 Å². The van der Waals surface area contributed by atoms with Crippen molar-refractivity contribution in [3.63, 3.8) is 0 Å². The highest BCUT2D eigenvalue weighted by molar-refractivity contribution is 6.70. The third-order valence-corrected chi connectivity index (χ3v) is 11.0. The Balaban J connectivity index is 1.60. The molecule has 0 aliphatic heterocycles. The minimum absolute atomic E-state index is 0.112. The molecule has 3 saturated carbocycles. The lowest BCUT2D eigenvalue weighted by Gasteiger charge is -2.57. The fraction of sp³-hybridized carbons (Fsp3) is 0.885. The van der Waals surface area contributed by atoms with E-state index in [-0.39, 0.29) is 11.5 Å². The van der Waals surface area contributed by atoms with Crippen LogP contribution >= 0.6 is 0 Å². The molecule has 0 amide bonds. The Labute approximate surface area is 198 Å². The molecule has 3 unspecified atom stereocenters. The summed E-state index contributed by atoms with van der Waals surface area (Å²) in [5.74, 6) is 2.15. The van der Waals surface area contributed by atoms with E-state index < -0.39 is 16.6 Å². The molecule has 0 aromatic heterocycles. The molecule has 0 bridgehead atoms. The maximum Gasteiger partial charge on any atom is 0.184 e. The fourth-order valence-electron chi connectivity index (χ4n) is 7.80. The van der Waals surface area contributed by atoms with Crippen molar-refractivity contribution < 1.29 is 13.7 Å². The molecule has 4 aliphatic rings. The van der Waals surface area contributed by atoms with Crippen LogP contribution in [0.4, 0.5) is 0 Å². The monoisotopic (exact) mass is 477 g/mol. The van der Waals surface area contributed by atoms with Gasteiger partial charge in [-0.3, -0.25) is 0 Å². The van der Waals surface area contributed by atoms with Crippen LogP contribution in [0.25, 0.3) is 0 Å². The number of rotatable bonds is 5. The van der Waals surface area contributed by atoms with Gasteiger partial charge in [0.25, 0.3) is 0 Å². The zero-order valence-corrected chi connectivity index (χ0v) is 24.1. The van der Waals surface area contributed by atoms with Gasteiger partial charge in [0, 0.05) is 11.5 Å². The molecule has 0 aromatic rings. The summed E-state index contributed by atoms with van der Waals surface area (Å²) in [6.45, 7) is 18.9. The van der Waals surface area contributed by atoms with Crippen LogP contribution in [0.3, 0.4) is 0 Å². The van der Waals surface area contributed by atoms with E-state index >= 15 is 0 Å². The van der Waals surface area contributed by atoms with Crippen LogP contribution in [0.1, 0.15) is 58.8 Å². The largest absolute Gasteiger partial charge is 0.414 e. The summed E-state index contributed by atoms with van der Waals surface area (Å²) < 4.78 is 13.2. The number of nitrogens with zero attached hydrogens (tertiary/aromatic N) is 1. The van der Waals surface area contributed by atoms with Gasteiger partial charge in [0.15, 0.2) is 16.6 Å². The quantitative estimate of drug-likeness (QED) is 0.243. The van der Waals surface area contributed by atoms with Gasteiger partial charge < -0.3 is 13.7 Å². The van der Waals surface area contributed by atoms with E-state index in [1.807, 2.05) is 0 Å². The smallest absolute Gasteiger partial charge is 0.184 e. The molecule has 0 N–H and O–H groups in total. The first kappa shape index (κ1) is 24.7. The molecule has 182 valence electrons. The molecule has 4 aliphatic carbocycles. The first-order valence-corrected chi connectivity index (χ1v) is 19.8. The van der Waals surface area contributed by atoms with Gasteiger partial charge in [-0.15, -0.1) is 0 Å². The Bertz CT molecular complexity index is 783. The number of fused-ring (bicyclic) bond motifs is 5. The third kappa shape index (κ3) is 4.46. The first-order chi connectivity index (χ1) is 14.8. The highest BCUT2D eigenvalue weighted by atomic mass is 28.4. The minimum atomic E-state index is -1.66. The van der Waals surface area contributed by atoms with Crippen LogP contribution in [-0.2, 0) is 13.7 Å². The maximum atomic E-state index is 6.69. The predicted molar refractivity (Wildman–Crippen MR) is 138 cm³/mol. The standard InChI is InChI=1S/C26H47NO3Si2/c1-25-14-12-19(29-31(4,5)6)16-18(25)10-11-20-21(25)13-15-26(2)22(20)17-23(24(26)27-28-3)30-32(7,8)9/h10,19-23H,11-17H2,1-9H3/b27-24-/t19-,20?,21?,22?,23-,25-,26-/m0/s1. The second-order valence-corrected chi connectivity index (χ2v) is 22.3. The molecule has 0 aromatic carbocycles. The van der Waals surface area contributed by atoms with Crippen LogP contribution in [0.2, 0.25) is 39.3 Å². The van der Waals surface area contributed by atoms with Gasteiger partial charge >= 0.3 is 0 Å². The van der Waals surface area contributed by atoms with Gasteiger partial charge in [-0.05, 0) is 107 Å². The molecule has 0 saturated heterocycles. The Morgan fingerprint density at radius 3 is 2.19 bits per heavy atom. The van der Waals surface area contributed by atoms with Crippen molar-refractivity contribution in [2.24, 2.45) is 33.7 Å². The third-order valence-electron chi connectivity index (χ3n) is 9.01. The number of oxime groups is 1. The summed E-state index contributed by atoms with van der Waals surface area (Å²) in [5.41, 5.74) is 3.36. The van der Waals surface area contributed by atoms with E-state index in [0.717, 1.165) is 24.7 Å². The fourth-order valence-corrected chi connectivity index (χ4v) is 10.1. The second-order valence-electron chi connectivity index (χ2n) is 13.4. The summed E-state index contributed by atoms with van der Waals surface area (Å²) >= 11 is 0. The zero-order chi connectivity index (χ0) is 23.5. The molecule has 4 nitrogen and oxygen atoms in total. The molecule has 7 atom stereocenters. The van der Waals surface area contributed by atoms with Gasteiger partial charge in [-0.2, -0.15) is 0 Å². The molecule has 3 fully saturated rings. The Morgan fingerprint density at radius 2 is 1.56 bits per heavy atom. The van der Waals surface area contributed by atoms with Crippen molar-refractivity contribution in [3.8, 4) is 0 Å². The average molecular weight is 478 g/mol. The van der Waals surface area contributed by atoms with Crippen molar-refractivity contribution in [1.82, 2.24) is 0 Å². The maximum absolute atomic E-state index is 6.69. The summed E-state index contributed by atoms with van der Waals surface area (Å²) in [7, 11) is -1.46. The van der Waals surface area contributed by atoms with Crippen molar-refractivity contribution >= 4 is 22.3 Å². The molecular formula is C26H47NO3Si2. The molecule has 0 radical (unpaired) electrons. The molecule has 32 heavy (non-hydrogen) atoms. The normalized spacial score (nSPS) is 43.3. The zero-order valence-electron chi connectivity index (χ0n) is 22.1. The van der Waals surface area contributed by atoms with Crippen molar-refractivity contribution in [3.05, 3.63) is 11.6 Å². The van der Waals surface area contributed by atoms with Crippen molar-refractivity contribution in [2.75, 3.05) is 7.11 Å². The summed E-state index contributed by atoms with van der Waals surface area (Å²) in [6.07, 6.45) is 11.7. The van der Waals surface area contributed by atoms with Crippen molar-refractivity contribution in [1.29, 1.82) is 0 Å². The Kier molecular flexibility index (Phi) is 6.44. The van der Waals surface area contributed by atoms with Crippen LogP contribution in [0, 0.1) is 28.6 Å². The predicted octanol–water partition coefficient (Wildman–Crippen LogP) is 7.00. The number of allylic oxidation sites excluding steroid dienone is 1. The summed E-state index contributed by atoms with van der Waals surface area (Å²) in [5, 5.41) is 4.61. The van der Waals surface area contributed by atoms with Crippen LogP contribution in [0.5, 0.6) is 0 Å². The van der Waals surface area contributed by atoms with E-state index in [4.69, 9.17) is 13.7 Å². The molecule has 4 rings (SSSR count). The number of hydrogen-bond acceptors (Lipinski definition) is 4. The van der Waals surface area contributed by atoms with Gasteiger partial charge in [-0.25, -0.2) is 0 Å². The minimum Gasteiger partial charge on any atom is -0.414 e. The lowest BCUT2D eigenvalue weighted by Crippen LogP contribution is -2.51. The Morgan fingerprint density at radius 1 is 0.906 bits per heavy atom. The molecule has 6 heteroatoms. The van der Waals surface area contributed by atoms with E-state index in [9.17, 15) is 0 Å². The van der Waals surface area contributed by atoms with E-state index in [1.165, 1.54) is 37.8 Å². The van der Waals surface area contributed by atoms with Crippen molar-refractivity contribution in [2.45, 2.75) is 110 Å². The van der Waals surface area contributed by atoms with Gasteiger partial charge in [0.05, 0.1) is 11.8 Å². The SMILES string of the molecule is CO/N=C1/[C@@H](O[Si](C)(C)C)CC2C3CC=C4C[C@@H](O[Si](C)(C)C)CC[C@]4(C)C3CC[C@]12C. The summed E-state index contributed by atoms with van der Waals surface area (Å²) in [4.78, 5) is 5.38. The number of hydrogen-bond donors (Lipinski definition) is 0. The Hall–Kier alpha value is -0.436. The molecule has 0 spiro atoms. The lowest BCUT2D eigenvalue weighted by molar-refractivity contribution is -0.0215. The molecular weight excluding hydrogens is 430 g/mol. The topological polar surface area (TPSA) is 40.0 Å².